The number of para-hydroxylation sites is 1. The zero-order chi connectivity index (χ0) is 21.8. The number of carbonyl (C=O) groups excluding carboxylic acids is 3. The predicted octanol–water partition coefficient (Wildman–Crippen LogP) is 3.86. The van der Waals surface area contributed by atoms with E-state index < -0.39 is 5.92 Å². The Balaban J connectivity index is 1.44. The largest absolute Gasteiger partial charge is 0.339 e. The molecule has 1 N–H and O–H groups in total. The van der Waals surface area contributed by atoms with Crippen LogP contribution < -0.4 is 5.32 Å². The monoisotopic (exact) mass is 419 g/mol. The number of likely N-dealkylation sites (tertiary alicyclic amines) is 2. The minimum Gasteiger partial charge on any atom is -0.339 e. The second-order valence-electron chi connectivity index (χ2n) is 8.42. The number of nitrogens with zero attached hydrogens (tertiary/aromatic N) is 2. The van der Waals surface area contributed by atoms with Crippen LogP contribution in [0.3, 0.4) is 0 Å². The molecule has 2 fully saturated rings. The molecule has 4 rings (SSSR count). The Morgan fingerprint density at radius 3 is 2.39 bits per heavy atom. The Bertz CT molecular complexity index is 953. The van der Waals surface area contributed by atoms with Crippen molar-refractivity contribution in [2.45, 2.75) is 38.6 Å². The van der Waals surface area contributed by atoms with Crippen molar-refractivity contribution in [1.29, 1.82) is 0 Å². The lowest BCUT2D eigenvalue weighted by Crippen LogP contribution is -2.36. The highest BCUT2D eigenvalue weighted by Crippen LogP contribution is 2.29. The molecule has 2 saturated heterocycles. The highest BCUT2D eigenvalue weighted by Gasteiger charge is 2.37. The molecule has 2 atom stereocenters. The Labute approximate surface area is 183 Å². The Morgan fingerprint density at radius 2 is 1.65 bits per heavy atom. The predicted molar refractivity (Wildman–Crippen MR) is 120 cm³/mol. The van der Waals surface area contributed by atoms with E-state index in [1.807, 2.05) is 54.3 Å². The van der Waals surface area contributed by atoms with Gasteiger partial charge >= 0.3 is 0 Å². The summed E-state index contributed by atoms with van der Waals surface area (Å²) in [5.74, 6) is -0.710. The molecule has 6 nitrogen and oxygen atoms in total. The molecule has 0 radical (unpaired) electrons. The summed E-state index contributed by atoms with van der Waals surface area (Å²) in [7, 11) is 0. The van der Waals surface area contributed by atoms with Crippen LogP contribution in [0.5, 0.6) is 0 Å². The zero-order valence-electron chi connectivity index (χ0n) is 17.9. The average Bonchev–Trinajstić information content (AvgIpc) is 3.21. The van der Waals surface area contributed by atoms with Gasteiger partial charge in [0.05, 0.1) is 23.2 Å². The van der Waals surface area contributed by atoms with E-state index in [-0.39, 0.29) is 30.2 Å². The Hall–Kier alpha value is -3.15. The van der Waals surface area contributed by atoms with Crippen LogP contribution in [0.2, 0.25) is 0 Å². The van der Waals surface area contributed by atoms with Crippen LogP contribution in [-0.4, -0.2) is 47.2 Å². The molecule has 0 saturated carbocycles. The molecular formula is C25H29N3O3. The molecular weight excluding hydrogens is 390 g/mol. The number of benzene rings is 2. The number of rotatable bonds is 5. The lowest BCUT2D eigenvalue weighted by molar-refractivity contribution is -0.129. The van der Waals surface area contributed by atoms with Gasteiger partial charge < -0.3 is 15.1 Å². The van der Waals surface area contributed by atoms with Gasteiger partial charge in [-0.2, -0.15) is 0 Å². The average molecular weight is 420 g/mol. The third-order valence-corrected chi connectivity index (χ3v) is 6.34. The van der Waals surface area contributed by atoms with Crippen LogP contribution in [0, 0.1) is 5.92 Å². The second-order valence-corrected chi connectivity index (χ2v) is 8.42. The first-order valence-corrected chi connectivity index (χ1v) is 11.1. The van der Waals surface area contributed by atoms with E-state index in [0.717, 1.165) is 37.9 Å². The van der Waals surface area contributed by atoms with Crippen LogP contribution in [0.1, 0.15) is 54.6 Å². The van der Waals surface area contributed by atoms with Crippen molar-refractivity contribution in [2.24, 2.45) is 5.92 Å². The van der Waals surface area contributed by atoms with Crippen molar-refractivity contribution in [2.75, 3.05) is 25.0 Å². The van der Waals surface area contributed by atoms with Gasteiger partial charge in [0.15, 0.2) is 0 Å². The molecule has 0 aliphatic carbocycles. The van der Waals surface area contributed by atoms with Gasteiger partial charge in [-0.3, -0.25) is 14.4 Å². The van der Waals surface area contributed by atoms with Gasteiger partial charge in [-0.05, 0) is 43.9 Å². The lowest BCUT2D eigenvalue weighted by Gasteiger charge is -2.27. The summed E-state index contributed by atoms with van der Waals surface area (Å²) in [6.45, 7) is 3.87. The molecule has 0 aromatic heterocycles. The van der Waals surface area contributed by atoms with Crippen LogP contribution in [0.15, 0.2) is 54.6 Å². The van der Waals surface area contributed by atoms with Crippen molar-refractivity contribution in [1.82, 2.24) is 9.80 Å². The third kappa shape index (κ3) is 4.63. The molecule has 0 bridgehead atoms. The molecule has 2 aromatic carbocycles. The van der Waals surface area contributed by atoms with Gasteiger partial charge in [0.2, 0.25) is 11.8 Å². The Kier molecular flexibility index (Phi) is 6.35. The van der Waals surface area contributed by atoms with E-state index >= 15 is 0 Å². The SMILES string of the molecule is C[C@H](c1ccccc1)N1C[C@H](C(=O)Nc2ccccc2C(=O)N2CCCCC2)CC1=O. The normalized spacial score (nSPS) is 19.9. The van der Waals surface area contributed by atoms with E-state index in [9.17, 15) is 14.4 Å². The fourth-order valence-corrected chi connectivity index (χ4v) is 4.47. The van der Waals surface area contributed by atoms with Gasteiger partial charge in [-0.25, -0.2) is 0 Å². The van der Waals surface area contributed by atoms with E-state index in [4.69, 9.17) is 0 Å². The van der Waals surface area contributed by atoms with Gasteiger partial charge in [-0.1, -0.05) is 42.5 Å². The van der Waals surface area contributed by atoms with Crippen molar-refractivity contribution < 1.29 is 14.4 Å². The maximum absolute atomic E-state index is 13.0. The van der Waals surface area contributed by atoms with Crippen molar-refractivity contribution in [3.63, 3.8) is 0 Å². The molecule has 3 amide bonds. The number of amides is 3. The molecule has 6 heteroatoms. The smallest absolute Gasteiger partial charge is 0.255 e. The summed E-state index contributed by atoms with van der Waals surface area (Å²) < 4.78 is 0. The Morgan fingerprint density at radius 1 is 0.968 bits per heavy atom. The zero-order valence-corrected chi connectivity index (χ0v) is 17.9. The van der Waals surface area contributed by atoms with Crippen molar-refractivity contribution in [3.05, 3.63) is 65.7 Å². The van der Waals surface area contributed by atoms with Crippen LogP contribution in [0.25, 0.3) is 0 Å². The minimum atomic E-state index is -0.434. The number of carbonyl (C=O) groups is 3. The summed E-state index contributed by atoms with van der Waals surface area (Å²) in [5, 5.41) is 2.93. The number of hydrogen-bond acceptors (Lipinski definition) is 3. The van der Waals surface area contributed by atoms with Crippen LogP contribution in [-0.2, 0) is 9.59 Å². The van der Waals surface area contributed by atoms with E-state index in [0.29, 0.717) is 17.8 Å². The standard InChI is InChI=1S/C25H29N3O3/c1-18(19-10-4-2-5-11-19)28-17-20(16-23(28)29)24(30)26-22-13-7-6-12-21(22)25(31)27-14-8-3-9-15-27/h2,4-7,10-13,18,20H,3,8-9,14-17H2,1H3,(H,26,30)/t18-,20-/m1/s1. The molecule has 2 heterocycles. The van der Waals surface area contributed by atoms with Crippen LogP contribution >= 0.6 is 0 Å². The van der Waals surface area contributed by atoms with E-state index in [1.165, 1.54) is 0 Å². The van der Waals surface area contributed by atoms with Crippen LogP contribution in [0.4, 0.5) is 5.69 Å². The van der Waals surface area contributed by atoms with E-state index in [2.05, 4.69) is 5.32 Å². The third-order valence-electron chi connectivity index (χ3n) is 6.34. The van der Waals surface area contributed by atoms with Gasteiger partial charge in [0, 0.05) is 26.1 Å². The fourth-order valence-electron chi connectivity index (χ4n) is 4.47. The fraction of sp³-hybridized carbons (Fsp3) is 0.400. The van der Waals surface area contributed by atoms with Gasteiger partial charge in [0.1, 0.15) is 0 Å². The molecule has 0 unspecified atom stereocenters. The molecule has 0 spiro atoms. The number of anilines is 1. The molecule has 2 aliphatic rings. The number of piperidine rings is 1. The number of hydrogen-bond donors (Lipinski definition) is 1. The summed E-state index contributed by atoms with van der Waals surface area (Å²) in [4.78, 5) is 42.2. The maximum Gasteiger partial charge on any atom is 0.255 e. The van der Waals surface area contributed by atoms with Crippen molar-refractivity contribution >= 4 is 23.4 Å². The molecule has 2 aromatic rings. The van der Waals surface area contributed by atoms with Gasteiger partial charge in [-0.15, -0.1) is 0 Å². The lowest BCUT2D eigenvalue weighted by atomic mass is 10.1. The first-order valence-electron chi connectivity index (χ1n) is 11.1. The second kappa shape index (κ2) is 9.33. The quantitative estimate of drug-likeness (QED) is 0.800. The molecule has 31 heavy (non-hydrogen) atoms. The van der Waals surface area contributed by atoms with E-state index in [1.54, 1.807) is 17.0 Å². The summed E-state index contributed by atoms with van der Waals surface area (Å²) in [6.07, 6.45) is 3.36. The van der Waals surface area contributed by atoms with Gasteiger partial charge in [0.25, 0.3) is 5.91 Å². The van der Waals surface area contributed by atoms with Crippen molar-refractivity contribution in [3.8, 4) is 0 Å². The summed E-state index contributed by atoms with van der Waals surface area (Å²) in [6, 6.07) is 16.9. The maximum atomic E-state index is 13.0. The topological polar surface area (TPSA) is 69.7 Å². The molecule has 2 aliphatic heterocycles. The first-order chi connectivity index (χ1) is 15.0. The highest BCUT2D eigenvalue weighted by molar-refractivity contribution is 6.05. The molecule has 162 valence electrons. The first kappa shape index (κ1) is 21.1. The summed E-state index contributed by atoms with van der Waals surface area (Å²) >= 11 is 0. The number of nitrogens with one attached hydrogen (secondary N) is 1. The minimum absolute atomic E-state index is 0.0193. The highest BCUT2D eigenvalue weighted by atomic mass is 16.2. The summed E-state index contributed by atoms with van der Waals surface area (Å²) in [5.41, 5.74) is 2.08.